The van der Waals surface area contributed by atoms with Crippen molar-refractivity contribution in [2.45, 2.75) is 19.8 Å². The lowest BCUT2D eigenvalue weighted by atomic mass is 10.0. The molecule has 15 heavy (non-hydrogen) atoms. The summed E-state index contributed by atoms with van der Waals surface area (Å²) in [6, 6.07) is 5.36. The first-order valence-electron chi connectivity index (χ1n) is 4.48. The molecule has 0 aromatic heterocycles. The summed E-state index contributed by atoms with van der Waals surface area (Å²) in [6.45, 7) is 1.49. The maximum atomic E-state index is 11.0. The lowest BCUT2D eigenvalue weighted by Crippen LogP contribution is -2.07. The van der Waals surface area contributed by atoms with Crippen LogP contribution in [0.3, 0.4) is 0 Å². The van der Waals surface area contributed by atoms with E-state index < -0.39 is 5.97 Å². The van der Waals surface area contributed by atoms with Gasteiger partial charge in [-0.15, -0.1) is 0 Å². The number of ketones is 1. The molecule has 1 rings (SSSR count). The third-order valence-corrected chi connectivity index (χ3v) is 2.73. The highest BCUT2D eigenvalue weighted by Gasteiger charge is 2.11. The number of carbonyl (C=O) groups is 2. The summed E-state index contributed by atoms with van der Waals surface area (Å²) in [4.78, 5) is 21.7. The van der Waals surface area contributed by atoms with Crippen LogP contribution in [0.25, 0.3) is 0 Å². The fourth-order valence-corrected chi connectivity index (χ4v) is 1.93. The van der Waals surface area contributed by atoms with E-state index >= 15 is 0 Å². The number of carbonyl (C=O) groups excluding carboxylic acids is 1. The minimum absolute atomic E-state index is 0.0275. The van der Waals surface area contributed by atoms with Crippen LogP contribution in [0.1, 0.15) is 18.1 Å². The van der Waals surface area contributed by atoms with E-state index in [1.54, 1.807) is 18.2 Å². The van der Waals surface area contributed by atoms with Crippen molar-refractivity contribution >= 4 is 27.7 Å². The third kappa shape index (κ3) is 3.47. The SMILES string of the molecule is CC(=O)Cc1cccc(Br)c1CC(=O)O. The molecule has 4 heteroatoms. The molecule has 0 atom stereocenters. The Balaban J connectivity index is 3.08. The van der Waals surface area contributed by atoms with Gasteiger partial charge in [-0.05, 0) is 24.1 Å². The molecular weight excluding hydrogens is 260 g/mol. The van der Waals surface area contributed by atoms with Crippen LogP contribution in [-0.2, 0) is 22.4 Å². The predicted molar refractivity (Wildman–Crippen MR) is 59.9 cm³/mol. The molecule has 1 N–H and O–H groups in total. The first-order valence-corrected chi connectivity index (χ1v) is 5.27. The molecule has 0 spiro atoms. The molecule has 1 aromatic rings. The number of hydrogen-bond donors (Lipinski definition) is 1. The molecular formula is C11H11BrO3. The van der Waals surface area contributed by atoms with E-state index in [0.717, 1.165) is 10.0 Å². The van der Waals surface area contributed by atoms with Gasteiger partial charge in [0.25, 0.3) is 0 Å². The Kier molecular flexibility index (Phi) is 4.03. The minimum atomic E-state index is -0.897. The maximum Gasteiger partial charge on any atom is 0.307 e. The van der Waals surface area contributed by atoms with Gasteiger partial charge < -0.3 is 5.11 Å². The summed E-state index contributed by atoms with van der Waals surface area (Å²) < 4.78 is 0.739. The molecule has 0 heterocycles. The van der Waals surface area contributed by atoms with Crippen molar-refractivity contribution in [3.8, 4) is 0 Å². The second-order valence-electron chi connectivity index (χ2n) is 3.33. The molecule has 3 nitrogen and oxygen atoms in total. The molecule has 0 unspecified atom stereocenters. The van der Waals surface area contributed by atoms with E-state index in [1.807, 2.05) is 0 Å². The average molecular weight is 271 g/mol. The van der Waals surface area contributed by atoms with Gasteiger partial charge >= 0.3 is 5.97 Å². The summed E-state index contributed by atoms with van der Waals surface area (Å²) >= 11 is 3.29. The lowest BCUT2D eigenvalue weighted by Gasteiger charge is -2.08. The highest BCUT2D eigenvalue weighted by Crippen LogP contribution is 2.22. The maximum absolute atomic E-state index is 11.0. The Bertz CT molecular complexity index is 399. The fraction of sp³-hybridized carbons (Fsp3) is 0.273. The van der Waals surface area contributed by atoms with E-state index in [4.69, 9.17) is 5.11 Å². The van der Waals surface area contributed by atoms with Crippen molar-refractivity contribution in [3.63, 3.8) is 0 Å². The van der Waals surface area contributed by atoms with Crippen molar-refractivity contribution < 1.29 is 14.7 Å². The van der Waals surface area contributed by atoms with Gasteiger partial charge in [0.2, 0.25) is 0 Å². The van der Waals surface area contributed by atoms with E-state index in [1.165, 1.54) is 6.92 Å². The van der Waals surface area contributed by atoms with Crippen molar-refractivity contribution in [1.29, 1.82) is 0 Å². The third-order valence-electron chi connectivity index (χ3n) is 1.98. The number of carboxylic acid groups (broad SMARTS) is 1. The number of halogens is 1. The minimum Gasteiger partial charge on any atom is -0.481 e. The van der Waals surface area contributed by atoms with Crippen LogP contribution in [0.5, 0.6) is 0 Å². The van der Waals surface area contributed by atoms with Crippen molar-refractivity contribution in [2.75, 3.05) is 0 Å². The smallest absolute Gasteiger partial charge is 0.307 e. The number of benzene rings is 1. The Morgan fingerprint density at radius 2 is 2.00 bits per heavy atom. The molecule has 1 aromatic carbocycles. The number of rotatable bonds is 4. The van der Waals surface area contributed by atoms with Crippen LogP contribution in [-0.4, -0.2) is 16.9 Å². The number of aliphatic carboxylic acids is 1. The van der Waals surface area contributed by atoms with Gasteiger partial charge in [0.15, 0.2) is 0 Å². The Morgan fingerprint density at radius 1 is 1.33 bits per heavy atom. The molecule has 0 amide bonds. The first kappa shape index (κ1) is 11.9. The summed E-state index contributed by atoms with van der Waals surface area (Å²) in [6.07, 6.45) is 0.214. The molecule has 0 saturated heterocycles. The fourth-order valence-electron chi connectivity index (χ4n) is 1.39. The summed E-state index contributed by atoms with van der Waals surface area (Å²) in [7, 11) is 0. The zero-order chi connectivity index (χ0) is 11.4. The van der Waals surface area contributed by atoms with Gasteiger partial charge in [-0.25, -0.2) is 0 Å². The molecule has 0 saturated carbocycles. The summed E-state index contributed by atoms with van der Waals surface area (Å²) in [5, 5.41) is 8.74. The van der Waals surface area contributed by atoms with Gasteiger partial charge in [0, 0.05) is 10.9 Å². The van der Waals surface area contributed by atoms with E-state index in [0.29, 0.717) is 5.56 Å². The van der Waals surface area contributed by atoms with Crippen LogP contribution >= 0.6 is 15.9 Å². The van der Waals surface area contributed by atoms with E-state index in [-0.39, 0.29) is 18.6 Å². The lowest BCUT2D eigenvalue weighted by molar-refractivity contribution is -0.136. The highest BCUT2D eigenvalue weighted by atomic mass is 79.9. The molecule has 0 fully saturated rings. The van der Waals surface area contributed by atoms with Crippen LogP contribution in [0.4, 0.5) is 0 Å². The Hall–Kier alpha value is -1.16. The molecule has 0 aliphatic rings. The largest absolute Gasteiger partial charge is 0.481 e. The van der Waals surface area contributed by atoms with Crippen LogP contribution in [0.2, 0.25) is 0 Å². The Morgan fingerprint density at radius 3 is 2.53 bits per heavy atom. The van der Waals surface area contributed by atoms with Crippen molar-refractivity contribution in [1.82, 2.24) is 0 Å². The number of Topliss-reactive ketones (excluding diaryl/α,β-unsaturated/α-hetero) is 1. The van der Waals surface area contributed by atoms with E-state index in [2.05, 4.69) is 15.9 Å². The zero-order valence-electron chi connectivity index (χ0n) is 8.29. The molecule has 80 valence electrons. The number of hydrogen-bond acceptors (Lipinski definition) is 2. The topological polar surface area (TPSA) is 54.4 Å². The zero-order valence-corrected chi connectivity index (χ0v) is 9.87. The van der Waals surface area contributed by atoms with Crippen LogP contribution < -0.4 is 0 Å². The van der Waals surface area contributed by atoms with Gasteiger partial charge in [-0.1, -0.05) is 28.1 Å². The van der Waals surface area contributed by atoms with Crippen LogP contribution in [0, 0.1) is 0 Å². The summed E-state index contributed by atoms with van der Waals surface area (Å²) in [5.41, 5.74) is 1.46. The van der Waals surface area contributed by atoms with Gasteiger partial charge in [-0.2, -0.15) is 0 Å². The van der Waals surface area contributed by atoms with Crippen molar-refractivity contribution in [2.24, 2.45) is 0 Å². The summed E-state index contributed by atoms with van der Waals surface area (Å²) in [5.74, 6) is -0.869. The van der Waals surface area contributed by atoms with Gasteiger partial charge in [-0.3, -0.25) is 9.59 Å². The second-order valence-corrected chi connectivity index (χ2v) is 4.18. The van der Waals surface area contributed by atoms with Crippen molar-refractivity contribution in [3.05, 3.63) is 33.8 Å². The standard InChI is InChI=1S/C11H11BrO3/c1-7(13)5-8-3-2-4-10(12)9(8)6-11(14)15/h2-4H,5-6H2,1H3,(H,14,15). The molecule has 0 bridgehead atoms. The van der Waals surface area contributed by atoms with Gasteiger partial charge in [0.1, 0.15) is 5.78 Å². The molecule has 0 radical (unpaired) electrons. The highest BCUT2D eigenvalue weighted by molar-refractivity contribution is 9.10. The number of carboxylic acids is 1. The second kappa shape index (κ2) is 5.07. The molecule has 0 aliphatic carbocycles. The predicted octanol–water partition coefficient (Wildman–Crippen LogP) is 2.21. The monoisotopic (exact) mass is 270 g/mol. The first-order chi connectivity index (χ1) is 7.00. The van der Waals surface area contributed by atoms with Crippen LogP contribution in [0.15, 0.2) is 22.7 Å². The normalized spacial score (nSPS) is 10.0. The average Bonchev–Trinajstić information content (AvgIpc) is 2.09. The quantitative estimate of drug-likeness (QED) is 0.913. The Labute approximate surface area is 96.2 Å². The molecule has 0 aliphatic heterocycles. The van der Waals surface area contributed by atoms with Gasteiger partial charge in [0.05, 0.1) is 6.42 Å². The van der Waals surface area contributed by atoms with E-state index in [9.17, 15) is 9.59 Å².